The predicted molar refractivity (Wildman–Crippen MR) is 76.6 cm³/mol. The lowest BCUT2D eigenvalue weighted by atomic mass is 9.99. The molecule has 2 aromatic rings. The normalized spacial score (nSPS) is 11.0. The number of nitro benzene ring substituents is 1. The van der Waals surface area contributed by atoms with Crippen molar-refractivity contribution < 1.29 is 32.4 Å². The molecule has 0 aliphatic carbocycles. The van der Waals surface area contributed by atoms with E-state index < -0.39 is 23.0 Å². The van der Waals surface area contributed by atoms with Gasteiger partial charge in [0.2, 0.25) is 0 Å². The van der Waals surface area contributed by atoms with Gasteiger partial charge in [-0.25, -0.2) is 4.79 Å². The van der Waals surface area contributed by atoms with Gasteiger partial charge in [-0.1, -0.05) is 12.1 Å². The zero-order valence-corrected chi connectivity index (χ0v) is 12.2. The van der Waals surface area contributed by atoms with E-state index in [1.54, 1.807) is 0 Å². The molecular formula is C15H10F3NO5. The number of alkyl halides is 3. The third-order valence-corrected chi connectivity index (χ3v) is 3.00. The van der Waals surface area contributed by atoms with E-state index >= 15 is 0 Å². The van der Waals surface area contributed by atoms with Gasteiger partial charge in [-0.3, -0.25) is 10.1 Å². The Labute approximate surface area is 133 Å². The number of methoxy groups -OCH3 is 1. The number of hydrogen-bond donors (Lipinski definition) is 0. The van der Waals surface area contributed by atoms with Gasteiger partial charge in [0.1, 0.15) is 5.75 Å². The number of carbonyl (C=O) groups is 1. The molecule has 0 amide bonds. The molecule has 126 valence electrons. The van der Waals surface area contributed by atoms with E-state index in [4.69, 9.17) is 0 Å². The van der Waals surface area contributed by atoms with Gasteiger partial charge in [-0.15, -0.1) is 13.2 Å². The van der Waals surface area contributed by atoms with Crippen LogP contribution in [0.3, 0.4) is 0 Å². The number of esters is 1. The van der Waals surface area contributed by atoms with Crippen LogP contribution in [0.1, 0.15) is 10.4 Å². The average molecular weight is 341 g/mol. The second kappa shape index (κ2) is 6.57. The van der Waals surface area contributed by atoms with Gasteiger partial charge in [0.05, 0.1) is 17.6 Å². The van der Waals surface area contributed by atoms with Crippen molar-refractivity contribution in [3.05, 3.63) is 58.1 Å². The quantitative estimate of drug-likeness (QED) is 0.478. The first kappa shape index (κ1) is 17.3. The minimum absolute atomic E-state index is 0.143. The van der Waals surface area contributed by atoms with Crippen molar-refractivity contribution in [1.82, 2.24) is 0 Å². The Morgan fingerprint density at radius 2 is 1.88 bits per heavy atom. The number of rotatable bonds is 4. The molecule has 6 nitrogen and oxygen atoms in total. The van der Waals surface area contributed by atoms with Crippen LogP contribution in [0.5, 0.6) is 5.75 Å². The van der Waals surface area contributed by atoms with Gasteiger partial charge in [-0.05, 0) is 29.3 Å². The topological polar surface area (TPSA) is 78.7 Å². The van der Waals surface area contributed by atoms with E-state index in [1.165, 1.54) is 18.2 Å². The maximum Gasteiger partial charge on any atom is 0.573 e. The number of benzene rings is 2. The highest BCUT2D eigenvalue weighted by Gasteiger charge is 2.31. The number of carbonyl (C=O) groups excluding carboxylic acids is 1. The first-order valence-corrected chi connectivity index (χ1v) is 6.44. The average Bonchev–Trinajstić information content (AvgIpc) is 2.52. The second-order valence-corrected chi connectivity index (χ2v) is 4.55. The summed E-state index contributed by atoms with van der Waals surface area (Å²) in [5, 5.41) is 10.8. The largest absolute Gasteiger partial charge is 0.573 e. The molecule has 0 spiro atoms. The van der Waals surface area contributed by atoms with Gasteiger partial charge in [-0.2, -0.15) is 0 Å². The molecule has 0 N–H and O–H groups in total. The van der Waals surface area contributed by atoms with E-state index in [0.717, 1.165) is 31.4 Å². The fraction of sp³-hybridized carbons (Fsp3) is 0.133. The first-order valence-electron chi connectivity index (χ1n) is 6.44. The van der Waals surface area contributed by atoms with Crippen LogP contribution in [0.25, 0.3) is 11.1 Å². The summed E-state index contributed by atoms with van der Waals surface area (Å²) in [5.41, 5.74) is -0.0928. The SMILES string of the molecule is COC(=O)c1cc([N+](=O)[O-])ccc1-c1cccc(OC(F)(F)F)c1. The van der Waals surface area contributed by atoms with E-state index in [0.29, 0.717) is 0 Å². The third-order valence-electron chi connectivity index (χ3n) is 3.00. The molecule has 24 heavy (non-hydrogen) atoms. The smallest absolute Gasteiger partial charge is 0.465 e. The van der Waals surface area contributed by atoms with Crippen LogP contribution in [0, 0.1) is 10.1 Å². The van der Waals surface area contributed by atoms with Crippen LogP contribution in [-0.4, -0.2) is 24.4 Å². The molecule has 0 aromatic heterocycles. The standard InChI is InChI=1S/C15H10F3NO5/c1-23-14(20)13-8-10(19(21)22)5-6-12(13)9-3-2-4-11(7-9)24-15(16,17)18/h2-8H,1H3. The Bertz CT molecular complexity index is 789. The van der Waals surface area contributed by atoms with Crippen molar-refractivity contribution in [2.75, 3.05) is 7.11 Å². The fourth-order valence-electron chi connectivity index (χ4n) is 2.04. The van der Waals surface area contributed by atoms with Crippen LogP contribution in [0.2, 0.25) is 0 Å². The van der Waals surface area contributed by atoms with E-state index in [2.05, 4.69) is 9.47 Å². The minimum Gasteiger partial charge on any atom is -0.465 e. The maximum absolute atomic E-state index is 12.3. The van der Waals surface area contributed by atoms with Gasteiger partial charge in [0.25, 0.3) is 5.69 Å². The van der Waals surface area contributed by atoms with Crippen molar-refractivity contribution in [3.8, 4) is 16.9 Å². The summed E-state index contributed by atoms with van der Waals surface area (Å²) in [7, 11) is 1.09. The number of halogens is 3. The zero-order valence-electron chi connectivity index (χ0n) is 12.2. The summed E-state index contributed by atoms with van der Waals surface area (Å²) in [6, 6.07) is 8.31. The molecule has 0 fully saturated rings. The Balaban J connectivity index is 2.53. The third kappa shape index (κ3) is 4.00. The van der Waals surface area contributed by atoms with Gasteiger partial charge >= 0.3 is 12.3 Å². The molecule has 0 radical (unpaired) electrons. The molecule has 0 aliphatic rings. The summed E-state index contributed by atoms with van der Waals surface area (Å²) in [5.74, 6) is -1.33. The Morgan fingerprint density at radius 1 is 1.17 bits per heavy atom. The molecule has 0 unspecified atom stereocenters. The highest BCUT2D eigenvalue weighted by Crippen LogP contribution is 2.32. The summed E-state index contributed by atoms with van der Waals surface area (Å²) in [6.07, 6.45) is -4.86. The summed E-state index contributed by atoms with van der Waals surface area (Å²) < 4.78 is 45.3. The molecule has 0 aliphatic heterocycles. The maximum atomic E-state index is 12.3. The van der Waals surface area contributed by atoms with Crippen molar-refractivity contribution in [3.63, 3.8) is 0 Å². The second-order valence-electron chi connectivity index (χ2n) is 4.55. The molecule has 0 saturated heterocycles. The Morgan fingerprint density at radius 3 is 2.46 bits per heavy atom. The summed E-state index contributed by atoms with van der Waals surface area (Å²) >= 11 is 0. The van der Waals surface area contributed by atoms with E-state index in [-0.39, 0.29) is 22.4 Å². The van der Waals surface area contributed by atoms with Crippen LogP contribution in [0.15, 0.2) is 42.5 Å². The lowest BCUT2D eigenvalue weighted by Gasteiger charge is -2.12. The lowest BCUT2D eigenvalue weighted by Crippen LogP contribution is -2.17. The van der Waals surface area contributed by atoms with E-state index in [9.17, 15) is 28.1 Å². The van der Waals surface area contributed by atoms with Gasteiger partial charge < -0.3 is 9.47 Å². The van der Waals surface area contributed by atoms with Crippen molar-refractivity contribution in [2.24, 2.45) is 0 Å². The molecule has 0 bridgehead atoms. The molecule has 0 saturated carbocycles. The van der Waals surface area contributed by atoms with Gasteiger partial charge in [0.15, 0.2) is 0 Å². The number of nitro groups is 1. The van der Waals surface area contributed by atoms with E-state index in [1.807, 2.05) is 0 Å². The van der Waals surface area contributed by atoms with Crippen molar-refractivity contribution in [1.29, 1.82) is 0 Å². The Kier molecular flexibility index (Phi) is 4.72. The fourth-order valence-corrected chi connectivity index (χ4v) is 2.04. The van der Waals surface area contributed by atoms with Crippen LogP contribution < -0.4 is 4.74 Å². The predicted octanol–water partition coefficient (Wildman–Crippen LogP) is 3.95. The number of nitrogens with zero attached hydrogens (tertiary/aromatic N) is 1. The number of non-ortho nitro benzene ring substituents is 1. The molecule has 2 rings (SSSR count). The van der Waals surface area contributed by atoms with Crippen molar-refractivity contribution in [2.45, 2.75) is 6.36 Å². The highest BCUT2D eigenvalue weighted by molar-refractivity contribution is 5.98. The van der Waals surface area contributed by atoms with Crippen LogP contribution in [-0.2, 0) is 4.74 Å². The van der Waals surface area contributed by atoms with Crippen LogP contribution in [0.4, 0.5) is 18.9 Å². The number of ether oxygens (including phenoxy) is 2. The Hall–Kier alpha value is -3.10. The van der Waals surface area contributed by atoms with Gasteiger partial charge in [0, 0.05) is 12.1 Å². The van der Waals surface area contributed by atoms with Crippen molar-refractivity contribution >= 4 is 11.7 Å². The monoisotopic (exact) mass is 341 g/mol. The molecule has 2 aromatic carbocycles. The number of hydrogen-bond acceptors (Lipinski definition) is 5. The minimum atomic E-state index is -4.86. The lowest BCUT2D eigenvalue weighted by molar-refractivity contribution is -0.384. The summed E-state index contributed by atoms with van der Waals surface area (Å²) in [4.78, 5) is 22.0. The highest BCUT2D eigenvalue weighted by atomic mass is 19.4. The molecule has 9 heteroatoms. The molecular weight excluding hydrogens is 331 g/mol. The van der Waals surface area contributed by atoms with Crippen LogP contribution >= 0.6 is 0 Å². The molecule has 0 atom stereocenters. The first-order chi connectivity index (χ1) is 11.2. The molecule has 0 heterocycles. The summed E-state index contributed by atoms with van der Waals surface area (Å²) in [6.45, 7) is 0. The zero-order chi connectivity index (χ0) is 17.9.